The number of amides is 1. The molecule has 0 saturated carbocycles. The maximum Gasteiger partial charge on any atom is 0.259 e. The second kappa shape index (κ2) is 4.63. The smallest absolute Gasteiger partial charge is 0.259 e. The van der Waals surface area contributed by atoms with Crippen LogP contribution in [0.3, 0.4) is 0 Å². The Morgan fingerprint density at radius 2 is 2.35 bits per heavy atom. The Morgan fingerprint density at radius 1 is 1.53 bits per heavy atom. The molecule has 0 aliphatic rings. The molecule has 2 aromatic rings. The maximum atomic E-state index is 11.8. The van der Waals surface area contributed by atoms with Gasteiger partial charge in [0.2, 0.25) is 0 Å². The SMILES string of the molecule is N#Cc1cn[nH]c1NC(=O)c1cnccc1Cl. The lowest BCUT2D eigenvalue weighted by atomic mass is 10.2. The Balaban J connectivity index is 2.24. The van der Waals surface area contributed by atoms with Crippen molar-refractivity contribution in [3.05, 3.63) is 40.8 Å². The van der Waals surface area contributed by atoms with Gasteiger partial charge >= 0.3 is 0 Å². The number of aromatic nitrogens is 3. The fourth-order valence-electron chi connectivity index (χ4n) is 1.19. The van der Waals surface area contributed by atoms with E-state index in [9.17, 15) is 4.79 Å². The second-order valence-corrected chi connectivity index (χ2v) is 3.49. The van der Waals surface area contributed by atoms with Gasteiger partial charge in [-0.15, -0.1) is 0 Å². The van der Waals surface area contributed by atoms with E-state index < -0.39 is 5.91 Å². The summed E-state index contributed by atoms with van der Waals surface area (Å²) in [5, 5.41) is 17.7. The van der Waals surface area contributed by atoms with Crippen molar-refractivity contribution in [1.82, 2.24) is 15.2 Å². The zero-order chi connectivity index (χ0) is 12.3. The number of carbonyl (C=O) groups is 1. The molecule has 0 fully saturated rings. The summed E-state index contributed by atoms with van der Waals surface area (Å²) in [6.45, 7) is 0. The van der Waals surface area contributed by atoms with Crippen LogP contribution in [0.5, 0.6) is 0 Å². The number of hydrogen-bond donors (Lipinski definition) is 2. The molecule has 84 valence electrons. The number of anilines is 1. The number of carbonyl (C=O) groups excluding carboxylic acids is 1. The molecule has 0 bridgehead atoms. The highest BCUT2D eigenvalue weighted by molar-refractivity contribution is 6.34. The van der Waals surface area contributed by atoms with Gasteiger partial charge in [0.15, 0.2) is 0 Å². The quantitative estimate of drug-likeness (QED) is 0.842. The number of nitrogens with one attached hydrogen (secondary N) is 2. The molecule has 0 saturated heterocycles. The van der Waals surface area contributed by atoms with Crippen molar-refractivity contribution in [2.75, 3.05) is 5.32 Å². The molecule has 17 heavy (non-hydrogen) atoms. The van der Waals surface area contributed by atoms with E-state index in [1.807, 2.05) is 6.07 Å². The summed E-state index contributed by atoms with van der Waals surface area (Å²) in [5.41, 5.74) is 0.478. The summed E-state index contributed by atoms with van der Waals surface area (Å²) in [4.78, 5) is 15.6. The van der Waals surface area contributed by atoms with Gasteiger partial charge in [-0.05, 0) is 6.07 Å². The second-order valence-electron chi connectivity index (χ2n) is 3.08. The number of aromatic amines is 1. The van der Waals surface area contributed by atoms with Crippen molar-refractivity contribution in [3.63, 3.8) is 0 Å². The normalized spacial score (nSPS) is 9.65. The third-order valence-corrected chi connectivity index (χ3v) is 2.34. The van der Waals surface area contributed by atoms with E-state index in [2.05, 4.69) is 20.5 Å². The molecule has 1 amide bonds. The van der Waals surface area contributed by atoms with Gasteiger partial charge in [0, 0.05) is 12.4 Å². The summed E-state index contributed by atoms with van der Waals surface area (Å²) < 4.78 is 0. The number of hydrogen-bond acceptors (Lipinski definition) is 4. The molecule has 0 radical (unpaired) electrons. The van der Waals surface area contributed by atoms with Crippen LogP contribution < -0.4 is 5.32 Å². The monoisotopic (exact) mass is 247 g/mol. The molecule has 0 aromatic carbocycles. The first-order valence-electron chi connectivity index (χ1n) is 4.56. The van der Waals surface area contributed by atoms with Crippen LogP contribution in [0.1, 0.15) is 15.9 Å². The molecular weight excluding hydrogens is 242 g/mol. The number of H-pyrrole nitrogens is 1. The van der Waals surface area contributed by atoms with Gasteiger partial charge in [-0.1, -0.05) is 11.6 Å². The third kappa shape index (κ3) is 2.24. The highest BCUT2D eigenvalue weighted by atomic mass is 35.5. The number of rotatable bonds is 2. The first-order valence-corrected chi connectivity index (χ1v) is 4.94. The van der Waals surface area contributed by atoms with Crippen molar-refractivity contribution in [3.8, 4) is 6.07 Å². The van der Waals surface area contributed by atoms with Gasteiger partial charge in [-0.25, -0.2) is 0 Å². The van der Waals surface area contributed by atoms with Crippen LogP contribution in [-0.4, -0.2) is 21.1 Å². The van der Waals surface area contributed by atoms with E-state index in [0.29, 0.717) is 0 Å². The summed E-state index contributed by atoms with van der Waals surface area (Å²) in [7, 11) is 0. The topological polar surface area (TPSA) is 94.5 Å². The predicted molar refractivity (Wildman–Crippen MR) is 60.5 cm³/mol. The Labute approximate surface area is 101 Å². The van der Waals surface area contributed by atoms with Gasteiger partial charge < -0.3 is 5.32 Å². The molecule has 0 aliphatic carbocycles. The summed E-state index contributed by atoms with van der Waals surface area (Å²) in [5.74, 6) is -0.221. The Bertz CT molecular complexity index is 601. The zero-order valence-electron chi connectivity index (χ0n) is 8.44. The van der Waals surface area contributed by atoms with Crippen molar-refractivity contribution in [2.45, 2.75) is 0 Å². The van der Waals surface area contributed by atoms with E-state index in [1.165, 1.54) is 24.7 Å². The highest BCUT2D eigenvalue weighted by Gasteiger charge is 2.13. The molecule has 2 heterocycles. The van der Waals surface area contributed by atoms with Gasteiger partial charge in [-0.2, -0.15) is 10.4 Å². The Kier molecular flexibility index (Phi) is 3.03. The first kappa shape index (κ1) is 11.1. The summed E-state index contributed by atoms with van der Waals surface area (Å²) in [6.07, 6.45) is 4.15. The van der Waals surface area contributed by atoms with E-state index in [0.717, 1.165) is 0 Å². The molecule has 0 aliphatic heterocycles. The molecule has 6 nitrogen and oxygen atoms in total. The summed E-state index contributed by atoms with van der Waals surface area (Å²) in [6, 6.07) is 3.40. The average molecular weight is 248 g/mol. The fraction of sp³-hybridized carbons (Fsp3) is 0. The van der Waals surface area contributed by atoms with E-state index in [4.69, 9.17) is 16.9 Å². The minimum Gasteiger partial charge on any atom is -0.306 e. The lowest BCUT2D eigenvalue weighted by Crippen LogP contribution is -2.13. The Morgan fingerprint density at radius 3 is 3.06 bits per heavy atom. The maximum absolute atomic E-state index is 11.8. The van der Waals surface area contributed by atoms with Crippen LogP contribution in [0.4, 0.5) is 5.82 Å². The van der Waals surface area contributed by atoms with Gasteiger partial charge in [0.1, 0.15) is 17.5 Å². The van der Waals surface area contributed by atoms with Crippen molar-refractivity contribution in [2.24, 2.45) is 0 Å². The molecule has 0 spiro atoms. The molecule has 2 aromatic heterocycles. The van der Waals surface area contributed by atoms with Crippen molar-refractivity contribution >= 4 is 23.3 Å². The molecular formula is C10H6ClN5O. The largest absolute Gasteiger partial charge is 0.306 e. The van der Waals surface area contributed by atoms with E-state index in [1.54, 1.807) is 0 Å². The highest BCUT2D eigenvalue weighted by Crippen LogP contribution is 2.16. The van der Waals surface area contributed by atoms with Crippen LogP contribution in [-0.2, 0) is 0 Å². The number of pyridine rings is 1. The Hall–Kier alpha value is -2.39. The van der Waals surface area contributed by atoms with E-state index >= 15 is 0 Å². The number of nitrogens with zero attached hydrogens (tertiary/aromatic N) is 3. The first-order chi connectivity index (χ1) is 8.22. The van der Waals surface area contributed by atoms with Gasteiger partial charge in [0.05, 0.1) is 16.8 Å². The lowest BCUT2D eigenvalue weighted by molar-refractivity contribution is 0.102. The number of halogens is 1. The van der Waals surface area contributed by atoms with Gasteiger partial charge in [-0.3, -0.25) is 14.9 Å². The van der Waals surface area contributed by atoms with Gasteiger partial charge in [0.25, 0.3) is 5.91 Å². The third-order valence-electron chi connectivity index (χ3n) is 2.01. The number of nitriles is 1. The van der Waals surface area contributed by atoms with Crippen molar-refractivity contribution in [1.29, 1.82) is 5.26 Å². The summed E-state index contributed by atoms with van der Waals surface area (Å²) >= 11 is 5.84. The molecule has 0 atom stereocenters. The van der Waals surface area contributed by atoms with Crippen LogP contribution in [0.2, 0.25) is 5.02 Å². The molecule has 2 rings (SSSR count). The standard InChI is InChI=1S/C10H6ClN5O/c11-8-1-2-13-5-7(8)10(17)15-9-6(3-12)4-14-16-9/h1-2,4-5H,(H2,14,15,16,17). The lowest BCUT2D eigenvalue weighted by Gasteiger charge is -2.03. The van der Waals surface area contributed by atoms with E-state index in [-0.39, 0.29) is 22.0 Å². The van der Waals surface area contributed by atoms with Crippen LogP contribution >= 0.6 is 11.6 Å². The minimum atomic E-state index is -0.455. The van der Waals surface area contributed by atoms with Crippen LogP contribution in [0, 0.1) is 11.3 Å². The van der Waals surface area contributed by atoms with Crippen LogP contribution in [0.25, 0.3) is 0 Å². The fourth-order valence-corrected chi connectivity index (χ4v) is 1.38. The average Bonchev–Trinajstić information content (AvgIpc) is 2.76. The molecule has 2 N–H and O–H groups in total. The van der Waals surface area contributed by atoms with Crippen molar-refractivity contribution < 1.29 is 4.79 Å². The molecule has 0 unspecified atom stereocenters. The zero-order valence-corrected chi connectivity index (χ0v) is 9.19. The molecule has 7 heteroatoms. The minimum absolute atomic E-state index is 0.229. The predicted octanol–water partition coefficient (Wildman–Crippen LogP) is 1.58. The van der Waals surface area contributed by atoms with Crippen LogP contribution in [0.15, 0.2) is 24.7 Å².